The van der Waals surface area contributed by atoms with Crippen LogP contribution in [0.15, 0.2) is 18.3 Å². The summed E-state index contributed by atoms with van der Waals surface area (Å²) in [6.45, 7) is -0.548. The Labute approximate surface area is 91.1 Å². The Morgan fingerprint density at radius 3 is 2.62 bits per heavy atom. The van der Waals surface area contributed by atoms with Crippen LogP contribution in [0.2, 0.25) is 0 Å². The molecule has 0 atom stereocenters. The zero-order chi connectivity index (χ0) is 11.8. The first kappa shape index (κ1) is 10.8. The summed E-state index contributed by atoms with van der Waals surface area (Å²) < 4.78 is 25.2. The largest absolute Gasteiger partial charge is 0.369 e. The fourth-order valence-corrected chi connectivity index (χ4v) is 1.58. The van der Waals surface area contributed by atoms with E-state index in [1.807, 2.05) is 0 Å². The molecule has 16 heavy (non-hydrogen) atoms. The van der Waals surface area contributed by atoms with Gasteiger partial charge in [0.25, 0.3) is 5.92 Å². The van der Waals surface area contributed by atoms with E-state index in [0.29, 0.717) is 11.4 Å². The Morgan fingerprint density at radius 1 is 1.50 bits per heavy atom. The number of anilines is 1. The van der Waals surface area contributed by atoms with Crippen LogP contribution in [0.1, 0.15) is 5.69 Å². The average molecular weight is 227 g/mol. The smallest absolute Gasteiger partial charge is 0.282 e. The molecular weight excluding hydrogens is 216 g/mol. The lowest BCUT2D eigenvalue weighted by Crippen LogP contribution is -2.56. The van der Waals surface area contributed by atoms with Gasteiger partial charge >= 0.3 is 0 Å². The third-order valence-electron chi connectivity index (χ3n) is 2.37. The molecule has 86 valence electrons. The van der Waals surface area contributed by atoms with Crippen LogP contribution in [0.5, 0.6) is 0 Å². The predicted molar refractivity (Wildman–Crippen MR) is 54.3 cm³/mol. The van der Waals surface area contributed by atoms with Gasteiger partial charge in [0.15, 0.2) is 0 Å². The highest BCUT2D eigenvalue weighted by Gasteiger charge is 2.43. The van der Waals surface area contributed by atoms with Crippen molar-refractivity contribution in [2.75, 3.05) is 18.0 Å². The fraction of sp³-hybridized carbons (Fsp3) is 0.400. The summed E-state index contributed by atoms with van der Waals surface area (Å²) >= 11 is 0. The lowest BCUT2D eigenvalue weighted by Gasteiger charge is -2.40. The molecule has 0 bridgehead atoms. The molecule has 1 aliphatic heterocycles. The first-order valence-corrected chi connectivity index (χ1v) is 4.82. The molecule has 0 radical (unpaired) electrons. The third kappa shape index (κ3) is 2.26. The molecule has 1 fully saturated rings. The normalized spacial score (nSPS) is 18.0. The maximum atomic E-state index is 12.6. The highest BCUT2D eigenvalue weighted by molar-refractivity contribution is 5.76. The first-order chi connectivity index (χ1) is 7.46. The number of aromatic nitrogens is 1. The SMILES string of the molecule is NC(=O)Cc1ccc(N2CC(F)(F)C2)cn1. The Kier molecular flexibility index (Phi) is 2.49. The van der Waals surface area contributed by atoms with Gasteiger partial charge in [-0.15, -0.1) is 0 Å². The van der Waals surface area contributed by atoms with Crippen molar-refractivity contribution < 1.29 is 13.6 Å². The zero-order valence-corrected chi connectivity index (χ0v) is 8.49. The molecule has 2 rings (SSSR count). The van der Waals surface area contributed by atoms with Crippen molar-refractivity contribution in [2.45, 2.75) is 12.3 Å². The molecule has 1 aliphatic rings. The van der Waals surface area contributed by atoms with Crippen molar-refractivity contribution >= 4 is 11.6 Å². The lowest BCUT2D eigenvalue weighted by atomic mass is 10.1. The molecule has 2 N–H and O–H groups in total. The molecule has 1 aromatic rings. The third-order valence-corrected chi connectivity index (χ3v) is 2.37. The van der Waals surface area contributed by atoms with Crippen molar-refractivity contribution in [3.63, 3.8) is 0 Å². The summed E-state index contributed by atoms with van der Waals surface area (Å²) in [7, 11) is 0. The van der Waals surface area contributed by atoms with E-state index in [1.54, 1.807) is 12.1 Å². The van der Waals surface area contributed by atoms with Gasteiger partial charge in [-0.2, -0.15) is 0 Å². The number of carbonyl (C=O) groups excluding carboxylic acids is 1. The number of pyridine rings is 1. The number of hydrogen-bond acceptors (Lipinski definition) is 3. The number of rotatable bonds is 3. The van der Waals surface area contributed by atoms with Crippen molar-refractivity contribution in [1.82, 2.24) is 4.98 Å². The van der Waals surface area contributed by atoms with Gasteiger partial charge in [0.05, 0.1) is 31.4 Å². The van der Waals surface area contributed by atoms with Crippen LogP contribution >= 0.6 is 0 Å². The molecule has 6 heteroatoms. The van der Waals surface area contributed by atoms with E-state index in [1.165, 1.54) is 11.1 Å². The molecule has 2 heterocycles. The second-order valence-corrected chi connectivity index (χ2v) is 3.86. The van der Waals surface area contributed by atoms with Crippen LogP contribution in [-0.4, -0.2) is 29.9 Å². The summed E-state index contributed by atoms with van der Waals surface area (Å²) in [5, 5.41) is 0. The van der Waals surface area contributed by atoms with Crippen molar-refractivity contribution in [3.05, 3.63) is 24.0 Å². The summed E-state index contributed by atoms with van der Waals surface area (Å²) in [4.78, 5) is 16.1. The van der Waals surface area contributed by atoms with Gasteiger partial charge in [-0.1, -0.05) is 0 Å². The number of carbonyl (C=O) groups is 1. The number of nitrogens with zero attached hydrogens (tertiary/aromatic N) is 2. The van der Waals surface area contributed by atoms with Gasteiger partial charge in [-0.25, -0.2) is 8.78 Å². The molecular formula is C10H11F2N3O. The van der Waals surface area contributed by atoms with Crippen LogP contribution in [0, 0.1) is 0 Å². The number of halogens is 2. The Balaban J connectivity index is 2.01. The molecule has 0 spiro atoms. The van der Waals surface area contributed by atoms with E-state index < -0.39 is 11.8 Å². The highest BCUT2D eigenvalue weighted by atomic mass is 19.3. The minimum absolute atomic E-state index is 0.0659. The van der Waals surface area contributed by atoms with Crippen LogP contribution in [0.4, 0.5) is 14.5 Å². The van der Waals surface area contributed by atoms with Gasteiger partial charge in [0.1, 0.15) is 0 Å². The number of primary amides is 1. The molecule has 1 aromatic heterocycles. The van der Waals surface area contributed by atoms with E-state index in [9.17, 15) is 13.6 Å². The molecule has 0 unspecified atom stereocenters. The Morgan fingerprint density at radius 2 is 2.19 bits per heavy atom. The monoisotopic (exact) mass is 227 g/mol. The molecule has 0 aromatic carbocycles. The quantitative estimate of drug-likeness (QED) is 0.821. The van der Waals surface area contributed by atoms with Crippen LogP contribution in [0.3, 0.4) is 0 Å². The highest BCUT2D eigenvalue weighted by Crippen LogP contribution is 2.31. The minimum Gasteiger partial charge on any atom is -0.369 e. The summed E-state index contributed by atoms with van der Waals surface area (Å²) in [5.41, 5.74) is 6.19. The minimum atomic E-state index is -2.59. The van der Waals surface area contributed by atoms with E-state index in [0.717, 1.165) is 0 Å². The summed E-state index contributed by atoms with van der Waals surface area (Å²) in [6, 6.07) is 3.29. The first-order valence-electron chi connectivity index (χ1n) is 4.82. The standard InChI is InChI=1S/C10H11F2N3O/c11-10(12)5-15(6-10)8-2-1-7(14-4-8)3-9(13)16/h1-2,4H,3,5-6H2,(H2,13,16). The van der Waals surface area contributed by atoms with Gasteiger partial charge in [-0.3, -0.25) is 9.78 Å². The lowest BCUT2D eigenvalue weighted by molar-refractivity contribution is -0.117. The van der Waals surface area contributed by atoms with E-state index >= 15 is 0 Å². The van der Waals surface area contributed by atoms with Gasteiger partial charge in [-0.05, 0) is 12.1 Å². The summed E-state index contributed by atoms with van der Waals surface area (Å²) in [5.74, 6) is -3.05. The average Bonchev–Trinajstić information content (AvgIpc) is 2.14. The maximum Gasteiger partial charge on any atom is 0.282 e. The van der Waals surface area contributed by atoms with E-state index in [-0.39, 0.29) is 19.5 Å². The number of amides is 1. The van der Waals surface area contributed by atoms with Crippen LogP contribution in [0.25, 0.3) is 0 Å². The van der Waals surface area contributed by atoms with Gasteiger partial charge < -0.3 is 10.6 Å². The summed E-state index contributed by atoms with van der Waals surface area (Å²) in [6.07, 6.45) is 1.55. The Hall–Kier alpha value is -1.72. The van der Waals surface area contributed by atoms with Crippen molar-refractivity contribution in [2.24, 2.45) is 5.73 Å². The second-order valence-electron chi connectivity index (χ2n) is 3.86. The van der Waals surface area contributed by atoms with Crippen molar-refractivity contribution in [3.8, 4) is 0 Å². The maximum absolute atomic E-state index is 12.6. The van der Waals surface area contributed by atoms with E-state index in [2.05, 4.69) is 4.98 Å². The van der Waals surface area contributed by atoms with Crippen LogP contribution in [-0.2, 0) is 11.2 Å². The number of nitrogens with two attached hydrogens (primary N) is 1. The van der Waals surface area contributed by atoms with E-state index in [4.69, 9.17) is 5.73 Å². The fourth-order valence-electron chi connectivity index (χ4n) is 1.58. The molecule has 0 saturated carbocycles. The topological polar surface area (TPSA) is 59.2 Å². The molecule has 0 aliphatic carbocycles. The van der Waals surface area contributed by atoms with Gasteiger partial charge in [0.2, 0.25) is 5.91 Å². The molecule has 1 amide bonds. The molecule has 4 nitrogen and oxygen atoms in total. The number of alkyl halides is 2. The van der Waals surface area contributed by atoms with Crippen molar-refractivity contribution in [1.29, 1.82) is 0 Å². The van der Waals surface area contributed by atoms with Gasteiger partial charge in [0, 0.05) is 5.69 Å². The predicted octanol–water partition coefficient (Wildman–Crippen LogP) is 0.565. The second kappa shape index (κ2) is 3.70. The zero-order valence-electron chi connectivity index (χ0n) is 8.49. The molecule has 1 saturated heterocycles. The Bertz CT molecular complexity index is 397. The van der Waals surface area contributed by atoms with Crippen LogP contribution < -0.4 is 10.6 Å². The number of hydrogen-bond donors (Lipinski definition) is 1.